The minimum atomic E-state index is -3.53. The number of rotatable bonds is 7. The van der Waals surface area contributed by atoms with Gasteiger partial charge in [0.25, 0.3) is 11.8 Å². The molecule has 13 heteroatoms. The summed E-state index contributed by atoms with van der Waals surface area (Å²) in [5.41, 5.74) is 1.71. The molecule has 3 aliphatic heterocycles. The molecule has 1 atom stereocenters. The maximum atomic E-state index is 13.3. The number of carbonyl (C=O) groups excluding carboxylic acids is 4. The summed E-state index contributed by atoms with van der Waals surface area (Å²) in [7, 11) is -3.53. The number of sulfonamides is 1. The van der Waals surface area contributed by atoms with Gasteiger partial charge in [0.2, 0.25) is 21.8 Å². The maximum absolute atomic E-state index is 13.3. The molecule has 1 unspecified atom stereocenters. The highest BCUT2D eigenvalue weighted by atomic mass is 32.2. The molecule has 4 heterocycles. The number of carbonyl (C=O) groups is 4. The van der Waals surface area contributed by atoms with Gasteiger partial charge in [0.1, 0.15) is 6.04 Å². The normalized spacial score (nSPS) is 20.3. The SMILES string of the molecule is O=C1CCC(N2C(=O)c3cccc(NCc4cnn(C5CCN(S(=O)(=O)c6ccccc6)CC5)c4)c3C2=O)C(=O)N1. The second kappa shape index (κ2) is 10.6. The minimum absolute atomic E-state index is 0.0493. The first-order chi connectivity index (χ1) is 19.7. The predicted molar refractivity (Wildman–Crippen MR) is 146 cm³/mol. The highest BCUT2D eigenvalue weighted by Crippen LogP contribution is 2.33. The van der Waals surface area contributed by atoms with Crippen LogP contribution >= 0.6 is 0 Å². The molecule has 2 N–H and O–H groups in total. The van der Waals surface area contributed by atoms with E-state index in [-0.39, 0.29) is 30.0 Å². The lowest BCUT2D eigenvalue weighted by Gasteiger charge is -2.31. The summed E-state index contributed by atoms with van der Waals surface area (Å²) in [5, 5.41) is 9.91. The van der Waals surface area contributed by atoms with Crippen LogP contribution in [0, 0.1) is 0 Å². The van der Waals surface area contributed by atoms with Crippen molar-refractivity contribution < 1.29 is 27.6 Å². The number of aromatic nitrogens is 2. The summed E-state index contributed by atoms with van der Waals surface area (Å²) >= 11 is 0. The predicted octanol–water partition coefficient (Wildman–Crippen LogP) is 1.92. The molecule has 0 radical (unpaired) electrons. The van der Waals surface area contributed by atoms with Crippen molar-refractivity contribution in [3.05, 3.63) is 77.6 Å². The van der Waals surface area contributed by atoms with Gasteiger partial charge < -0.3 is 5.32 Å². The third-order valence-electron chi connectivity index (χ3n) is 7.78. The molecule has 0 spiro atoms. The zero-order valence-electron chi connectivity index (χ0n) is 22.0. The zero-order chi connectivity index (χ0) is 28.7. The van der Waals surface area contributed by atoms with Crippen molar-refractivity contribution in [3.63, 3.8) is 0 Å². The van der Waals surface area contributed by atoms with Crippen molar-refractivity contribution >= 4 is 39.3 Å². The second-order valence-corrected chi connectivity index (χ2v) is 12.2. The molecule has 0 aliphatic carbocycles. The summed E-state index contributed by atoms with van der Waals surface area (Å²) < 4.78 is 29.2. The fraction of sp³-hybridized carbons (Fsp3) is 0.321. The number of imide groups is 2. The Morgan fingerprint density at radius 2 is 1.68 bits per heavy atom. The van der Waals surface area contributed by atoms with Crippen molar-refractivity contribution in [1.29, 1.82) is 0 Å². The Labute approximate surface area is 236 Å². The third kappa shape index (κ3) is 4.91. The molecule has 0 bridgehead atoms. The van der Waals surface area contributed by atoms with E-state index in [1.807, 2.05) is 10.9 Å². The zero-order valence-corrected chi connectivity index (χ0v) is 22.8. The van der Waals surface area contributed by atoms with Gasteiger partial charge in [0.05, 0.1) is 28.3 Å². The molecule has 1 aromatic heterocycles. The van der Waals surface area contributed by atoms with Crippen LogP contribution in [-0.2, 0) is 26.2 Å². The number of hydrogen-bond acceptors (Lipinski definition) is 8. The Morgan fingerprint density at radius 1 is 0.927 bits per heavy atom. The van der Waals surface area contributed by atoms with E-state index in [0.29, 0.717) is 43.1 Å². The number of fused-ring (bicyclic) bond motifs is 1. The van der Waals surface area contributed by atoms with Crippen LogP contribution in [0.3, 0.4) is 0 Å². The Kier molecular flexibility index (Phi) is 6.91. The molecule has 4 amide bonds. The highest BCUT2D eigenvalue weighted by molar-refractivity contribution is 7.89. The first kappa shape index (κ1) is 26.8. The molecule has 3 aliphatic rings. The van der Waals surface area contributed by atoms with Crippen molar-refractivity contribution in [2.24, 2.45) is 0 Å². The molecule has 3 aromatic rings. The van der Waals surface area contributed by atoms with Crippen molar-refractivity contribution in [1.82, 2.24) is 24.3 Å². The number of anilines is 1. The van der Waals surface area contributed by atoms with E-state index in [1.165, 1.54) is 4.31 Å². The Morgan fingerprint density at radius 3 is 2.41 bits per heavy atom. The lowest BCUT2D eigenvalue weighted by Crippen LogP contribution is -2.54. The molecule has 12 nitrogen and oxygen atoms in total. The molecule has 212 valence electrons. The van der Waals surface area contributed by atoms with Gasteiger partial charge in [-0.15, -0.1) is 0 Å². The lowest BCUT2D eigenvalue weighted by atomic mass is 10.0. The van der Waals surface area contributed by atoms with E-state index in [2.05, 4.69) is 15.7 Å². The van der Waals surface area contributed by atoms with E-state index in [9.17, 15) is 27.6 Å². The fourth-order valence-corrected chi connectivity index (χ4v) is 7.11. The van der Waals surface area contributed by atoms with Crippen LogP contribution in [0.2, 0.25) is 0 Å². The van der Waals surface area contributed by atoms with E-state index < -0.39 is 39.7 Å². The van der Waals surface area contributed by atoms with Crippen LogP contribution in [0.25, 0.3) is 0 Å². The molecule has 2 saturated heterocycles. The second-order valence-electron chi connectivity index (χ2n) is 10.3. The van der Waals surface area contributed by atoms with E-state index in [4.69, 9.17) is 0 Å². The van der Waals surface area contributed by atoms with Gasteiger partial charge in [-0.05, 0) is 43.5 Å². The summed E-state index contributed by atoms with van der Waals surface area (Å²) in [6.45, 7) is 1.12. The molecule has 41 heavy (non-hydrogen) atoms. The van der Waals surface area contributed by atoms with Crippen molar-refractivity contribution in [3.8, 4) is 0 Å². The largest absolute Gasteiger partial charge is 0.380 e. The first-order valence-corrected chi connectivity index (χ1v) is 14.8. The number of piperidine rings is 2. The number of hydrogen-bond donors (Lipinski definition) is 2. The third-order valence-corrected chi connectivity index (χ3v) is 9.70. The van der Waals surface area contributed by atoms with Gasteiger partial charge in [-0.25, -0.2) is 8.42 Å². The topological polar surface area (TPSA) is 151 Å². The van der Waals surface area contributed by atoms with Gasteiger partial charge in [-0.3, -0.25) is 34.1 Å². The summed E-state index contributed by atoms with van der Waals surface area (Å²) in [6, 6.07) is 12.4. The van der Waals surface area contributed by atoms with Gasteiger partial charge >= 0.3 is 0 Å². The van der Waals surface area contributed by atoms with E-state index in [1.54, 1.807) is 54.7 Å². The first-order valence-electron chi connectivity index (χ1n) is 13.4. The van der Waals surface area contributed by atoms with Gasteiger partial charge in [0, 0.05) is 43.5 Å². The quantitative estimate of drug-likeness (QED) is 0.405. The van der Waals surface area contributed by atoms with Crippen LogP contribution < -0.4 is 10.6 Å². The average molecular weight is 577 g/mol. The van der Waals surface area contributed by atoms with Crippen LogP contribution in [0.1, 0.15) is 58.0 Å². The maximum Gasteiger partial charge on any atom is 0.264 e. The molecule has 0 saturated carbocycles. The summed E-state index contributed by atoms with van der Waals surface area (Å²) in [4.78, 5) is 51.5. The van der Waals surface area contributed by atoms with Crippen molar-refractivity contribution in [2.45, 2.75) is 49.2 Å². The monoisotopic (exact) mass is 576 g/mol. The molecular weight excluding hydrogens is 548 g/mol. The number of nitrogens with one attached hydrogen (secondary N) is 2. The number of benzene rings is 2. The fourth-order valence-electron chi connectivity index (χ4n) is 5.62. The van der Waals surface area contributed by atoms with Crippen LogP contribution in [0.4, 0.5) is 5.69 Å². The van der Waals surface area contributed by atoms with Crippen LogP contribution in [-0.4, -0.2) is 70.2 Å². The Balaban J connectivity index is 1.10. The number of amides is 4. The molecule has 2 aromatic carbocycles. The minimum Gasteiger partial charge on any atom is -0.380 e. The van der Waals surface area contributed by atoms with Crippen molar-refractivity contribution in [2.75, 3.05) is 18.4 Å². The number of nitrogens with zero attached hydrogens (tertiary/aromatic N) is 4. The molecule has 6 rings (SSSR count). The van der Waals surface area contributed by atoms with E-state index >= 15 is 0 Å². The average Bonchev–Trinajstić information content (AvgIpc) is 3.55. The van der Waals surface area contributed by atoms with Crippen LogP contribution in [0.5, 0.6) is 0 Å². The molecular formula is C28H28N6O6S. The van der Waals surface area contributed by atoms with Crippen LogP contribution in [0.15, 0.2) is 65.8 Å². The van der Waals surface area contributed by atoms with Gasteiger partial charge in [-0.1, -0.05) is 24.3 Å². The van der Waals surface area contributed by atoms with Gasteiger partial charge in [-0.2, -0.15) is 9.40 Å². The highest BCUT2D eigenvalue weighted by Gasteiger charge is 2.45. The van der Waals surface area contributed by atoms with E-state index in [0.717, 1.165) is 10.5 Å². The smallest absolute Gasteiger partial charge is 0.264 e. The Hall–Kier alpha value is -4.36. The summed E-state index contributed by atoms with van der Waals surface area (Å²) in [6.07, 6.45) is 5.01. The standard InChI is InChI=1S/C28H28N6O6S/c35-24-10-9-23(26(36)31-24)34-27(37)21-7-4-8-22(25(21)28(34)38)29-15-18-16-30-33(17-18)19-11-13-32(14-12-19)41(39,40)20-5-2-1-3-6-20/h1-8,16-17,19,23,29H,9-15H2,(H,31,35,36). The lowest BCUT2D eigenvalue weighted by molar-refractivity contribution is -0.136. The Bertz CT molecular complexity index is 1650. The van der Waals surface area contributed by atoms with Gasteiger partial charge in [0.15, 0.2) is 0 Å². The summed E-state index contributed by atoms with van der Waals surface area (Å²) in [5.74, 6) is -2.21. The molecule has 2 fully saturated rings.